The van der Waals surface area contributed by atoms with Crippen molar-refractivity contribution >= 4 is 38.4 Å². The third-order valence-electron chi connectivity index (χ3n) is 5.63. The summed E-state index contributed by atoms with van der Waals surface area (Å²) in [5.41, 5.74) is 1.44. The molecule has 8 heteroatoms. The molecule has 6 nitrogen and oxygen atoms in total. The highest BCUT2D eigenvalue weighted by atomic mass is 32.2. The van der Waals surface area contributed by atoms with E-state index < -0.39 is 9.84 Å². The molecule has 2 heterocycles. The molecular formula is C20H27N3O3S2. The number of nitrogens with zero attached hydrogens (tertiary/aromatic N) is 1. The van der Waals surface area contributed by atoms with Crippen LogP contribution < -0.4 is 10.6 Å². The Morgan fingerprint density at radius 1 is 1.07 bits per heavy atom. The first-order valence-electron chi connectivity index (χ1n) is 10.1. The van der Waals surface area contributed by atoms with E-state index in [1.54, 1.807) is 0 Å². The van der Waals surface area contributed by atoms with Gasteiger partial charge in [-0.25, -0.2) is 8.42 Å². The molecule has 152 valence electrons. The van der Waals surface area contributed by atoms with Crippen LogP contribution in [-0.4, -0.2) is 48.3 Å². The maximum absolute atomic E-state index is 12.7. The number of sulfone groups is 1. The summed E-state index contributed by atoms with van der Waals surface area (Å²) in [4.78, 5) is 17.2. The first-order valence-corrected chi connectivity index (χ1v) is 12.8. The quantitative estimate of drug-likeness (QED) is 0.782. The molecule has 28 heavy (non-hydrogen) atoms. The molecule has 3 aliphatic rings. The van der Waals surface area contributed by atoms with Gasteiger partial charge in [0.2, 0.25) is 0 Å². The van der Waals surface area contributed by atoms with E-state index in [4.69, 9.17) is 0 Å². The molecule has 0 bridgehead atoms. The van der Waals surface area contributed by atoms with Crippen molar-refractivity contribution in [2.24, 2.45) is 4.99 Å². The SMILES string of the molecule is O=C(NC1CCCCCCC1)c1cccc(NC2=NC3CS(=O)(=O)CC3S2)c1. The van der Waals surface area contributed by atoms with E-state index in [1.807, 2.05) is 24.3 Å². The number of carbonyl (C=O) groups is 1. The van der Waals surface area contributed by atoms with Gasteiger partial charge in [0.1, 0.15) is 0 Å². The van der Waals surface area contributed by atoms with Gasteiger partial charge in [0.15, 0.2) is 15.0 Å². The Bertz CT molecular complexity index is 861. The van der Waals surface area contributed by atoms with Gasteiger partial charge in [-0.2, -0.15) is 0 Å². The van der Waals surface area contributed by atoms with Crippen molar-refractivity contribution in [3.63, 3.8) is 0 Å². The van der Waals surface area contributed by atoms with Crippen LogP contribution in [0.15, 0.2) is 29.3 Å². The molecular weight excluding hydrogens is 394 g/mol. The fourth-order valence-corrected chi connectivity index (χ4v) is 7.82. The average molecular weight is 422 g/mol. The van der Waals surface area contributed by atoms with Crippen molar-refractivity contribution in [2.75, 3.05) is 16.8 Å². The summed E-state index contributed by atoms with van der Waals surface area (Å²) in [5.74, 6) is 0.304. The van der Waals surface area contributed by atoms with Gasteiger partial charge < -0.3 is 10.6 Å². The van der Waals surface area contributed by atoms with Crippen LogP contribution in [-0.2, 0) is 9.84 Å². The van der Waals surface area contributed by atoms with Gasteiger partial charge in [0, 0.05) is 22.5 Å². The predicted molar refractivity (Wildman–Crippen MR) is 115 cm³/mol. The van der Waals surface area contributed by atoms with Crippen LogP contribution in [0.25, 0.3) is 0 Å². The zero-order valence-corrected chi connectivity index (χ0v) is 17.5. The first-order chi connectivity index (χ1) is 13.5. The highest BCUT2D eigenvalue weighted by Crippen LogP contribution is 2.34. The van der Waals surface area contributed by atoms with Crippen LogP contribution in [0.1, 0.15) is 55.3 Å². The second-order valence-corrected chi connectivity index (χ2v) is 11.3. The number of nitrogens with one attached hydrogen (secondary N) is 2. The maximum Gasteiger partial charge on any atom is 0.251 e. The Morgan fingerprint density at radius 2 is 1.82 bits per heavy atom. The first kappa shape index (κ1) is 19.8. The molecule has 2 N–H and O–H groups in total. The van der Waals surface area contributed by atoms with Crippen molar-refractivity contribution < 1.29 is 13.2 Å². The molecule has 0 spiro atoms. The maximum atomic E-state index is 12.7. The molecule has 1 amide bonds. The van der Waals surface area contributed by atoms with Gasteiger partial charge in [0.05, 0.1) is 17.5 Å². The molecule has 2 atom stereocenters. The summed E-state index contributed by atoms with van der Waals surface area (Å²) < 4.78 is 23.4. The van der Waals surface area contributed by atoms with Crippen molar-refractivity contribution in [1.82, 2.24) is 5.32 Å². The number of hydrogen-bond donors (Lipinski definition) is 2. The zero-order valence-electron chi connectivity index (χ0n) is 15.9. The highest BCUT2D eigenvalue weighted by molar-refractivity contribution is 8.15. The molecule has 0 radical (unpaired) electrons. The Labute approximate surface area is 170 Å². The molecule has 2 fully saturated rings. The summed E-state index contributed by atoms with van der Waals surface area (Å²) in [6, 6.07) is 7.55. The predicted octanol–water partition coefficient (Wildman–Crippen LogP) is 3.21. The van der Waals surface area contributed by atoms with E-state index in [0.29, 0.717) is 5.56 Å². The smallest absolute Gasteiger partial charge is 0.251 e. The number of fused-ring (bicyclic) bond motifs is 1. The van der Waals surface area contributed by atoms with E-state index in [1.165, 1.54) is 43.9 Å². The lowest BCUT2D eigenvalue weighted by Crippen LogP contribution is -2.35. The largest absolute Gasteiger partial charge is 0.349 e. The molecule has 1 aromatic carbocycles. The minimum absolute atomic E-state index is 0.0123. The van der Waals surface area contributed by atoms with Crippen LogP contribution in [0, 0.1) is 0 Å². The summed E-state index contributed by atoms with van der Waals surface area (Å²) in [6.07, 6.45) is 8.31. The summed E-state index contributed by atoms with van der Waals surface area (Å²) in [6.45, 7) is 0. The lowest BCUT2D eigenvalue weighted by molar-refractivity contribution is 0.0930. The van der Waals surface area contributed by atoms with Gasteiger partial charge in [-0.1, -0.05) is 49.9 Å². The molecule has 1 aromatic rings. The standard InChI is InChI=1S/C20H27N3O3S2/c24-19(21-15-8-4-2-1-3-5-9-15)14-7-6-10-16(11-14)22-20-23-17-12-28(25,26)13-18(17)27-20/h6-7,10-11,15,17-18H,1-5,8-9,12-13H2,(H,21,24)(H,22,23). The molecule has 2 aliphatic heterocycles. The molecule has 2 unspecified atom stereocenters. The number of benzene rings is 1. The number of thioether (sulfide) groups is 1. The lowest BCUT2D eigenvalue weighted by atomic mass is 9.96. The number of hydrogen-bond acceptors (Lipinski definition) is 6. The van der Waals surface area contributed by atoms with Crippen molar-refractivity contribution in [3.8, 4) is 0 Å². The minimum Gasteiger partial charge on any atom is -0.349 e. The van der Waals surface area contributed by atoms with Crippen molar-refractivity contribution in [2.45, 2.75) is 62.3 Å². The van der Waals surface area contributed by atoms with Crippen LogP contribution in [0.5, 0.6) is 0 Å². The fraction of sp³-hybridized carbons (Fsp3) is 0.600. The van der Waals surface area contributed by atoms with E-state index in [-0.39, 0.29) is 34.7 Å². The summed E-state index contributed by atoms with van der Waals surface area (Å²) in [7, 11) is -2.95. The Morgan fingerprint density at radius 3 is 2.57 bits per heavy atom. The van der Waals surface area contributed by atoms with E-state index in [2.05, 4.69) is 15.6 Å². The second kappa shape index (κ2) is 8.45. The number of carbonyl (C=O) groups excluding carboxylic acids is 1. The summed E-state index contributed by atoms with van der Waals surface area (Å²) >= 11 is 1.48. The minimum atomic E-state index is -2.95. The Hall–Kier alpha value is -1.54. The van der Waals surface area contributed by atoms with E-state index in [0.717, 1.165) is 23.7 Å². The van der Waals surface area contributed by atoms with Crippen molar-refractivity contribution in [1.29, 1.82) is 0 Å². The molecule has 1 saturated heterocycles. The van der Waals surface area contributed by atoms with Crippen molar-refractivity contribution in [3.05, 3.63) is 29.8 Å². The van der Waals surface area contributed by atoms with Gasteiger partial charge in [-0.05, 0) is 31.0 Å². The second-order valence-electron chi connectivity index (χ2n) is 7.96. The highest BCUT2D eigenvalue weighted by Gasteiger charge is 2.42. The lowest BCUT2D eigenvalue weighted by Gasteiger charge is -2.21. The monoisotopic (exact) mass is 421 g/mol. The molecule has 1 saturated carbocycles. The van der Waals surface area contributed by atoms with Crippen LogP contribution in [0.4, 0.5) is 5.69 Å². The number of amides is 1. The van der Waals surface area contributed by atoms with E-state index in [9.17, 15) is 13.2 Å². The van der Waals surface area contributed by atoms with Gasteiger partial charge >= 0.3 is 0 Å². The Balaban J connectivity index is 1.37. The normalized spacial score (nSPS) is 27.4. The number of aliphatic imine (C=N–C) groups is 1. The number of rotatable bonds is 3. The average Bonchev–Trinajstić information content (AvgIpc) is 3.09. The zero-order chi connectivity index (χ0) is 19.6. The van der Waals surface area contributed by atoms with Gasteiger partial charge in [-0.3, -0.25) is 9.79 Å². The topological polar surface area (TPSA) is 87.6 Å². The van der Waals surface area contributed by atoms with Gasteiger partial charge in [-0.15, -0.1) is 0 Å². The third kappa shape index (κ3) is 4.89. The fourth-order valence-electron chi connectivity index (χ4n) is 4.15. The third-order valence-corrected chi connectivity index (χ3v) is 8.78. The summed E-state index contributed by atoms with van der Waals surface area (Å²) in [5, 5.41) is 7.20. The van der Waals surface area contributed by atoms with Gasteiger partial charge in [0.25, 0.3) is 5.91 Å². The number of anilines is 1. The van der Waals surface area contributed by atoms with Crippen LogP contribution in [0.3, 0.4) is 0 Å². The van der Waals surface area contributed by atoms with Crippen LogP contribution >= 0.6 is 11.8 Å². The van der Waals surface area contributed by atoms with Crippen LogP contribution in [0.2, 0.25) is 0 Å². The molecule has 1 aliphatic carbocycles. The Kier molecular flexibility index (Phi) is 5.96. The molecule has 4 rings (SSSR count). The van der Waals surface area contributed by atoms with E-state index >= 15 is 0 Å². The molecule has 0 aromatic heterocycles. The number of amidine groups is 1.